The van der Waals surface area contributed by atoms with Crippen molar-refractivity contribution in [2.24, 2.45) is 5.10 Å². The molecule has 6 nitrogen and oxygen atoms in total. The summed E-state index contributed by atoms with van der Waals surface area (Å²) in [6, 6.07) is 25.5. The van der Waals surface area contributed by atoms with Crippen molar-refractivity contribution in [1.29, 1.82) is 0 Å². The van der Waals surface area contributed by atoms with Gasteiger partial charge in [-0.1, -0.05) is 60.7 Å². The highest BCUT2D eigenvalue weighted by atomic mass is 16.1. The molecule has 0 fully saturated rings. The monoisotopic (exact) mass is 405 g/mol. The van der Waals surface area contributed by atoms with Crippen molar-refractivity contribution in [2.75, 3.05) is 5.43 Å². The van der Waals surface area contributed by atoms with Crippen molar-refractivity contribution >= 4 is 34.0 Å². The standard InChI is InChI=1S/C25H19N5O/c1-16-11-12-18-14-19(24(31)27-22(18)13-16)15-26-30-25-28-21-10-6-5-9-20(21)23(29-25)17-7-3-2-4-8-17/h2-15H,1H3,(H,27,31)(H,28,29,30). The number of pyridine rings is 1. The summed E-state index contributed by atoms with van der Waals surface area (Å²) in [5.74, 6) is 0.363. The molecule has 0 saturated carbocycles. The van der Waals surface area contributed by atoms with Crippen LogP contribution in [0.1, 0.15) is 11.1 Å². The van der Waals surface area contributed by atoms with Crippen molar-refractivity contribution in [3.8, 4) is 11.3 Å². The van der Waals surface area contributed by atoms with Crippen LogP contribution in [0.3, 0.4) is 0 Å². The summed E-state index contributed by atoms with van der Waals surface area (Å²) in [6.45, 7) is 1.99. The minimum atomic E-state index is -0.201. The minimum absolute atomic E-state index is 0.201. The summed E-state index contributed by atoms with van der Waals surface area (Å²) in [5, 5.41) is 6.13. The van der Waals surface area contributed by atoms with Crippen molar-refractivity contribution in [2.45, 2.75) is 6.92 Å². The van der Waals surface area contributed by atoms with Crippen LogP contribution in [0.5, 0.6) is 0 Å². The molecule has 2 aromatic heterocycles. The fourth-order valence-corrected chi connectivity index (χ4v) is 3.53. The number of aryl methyl sites for hydroxylation is 1. The third-order valence-corrected chi connectivity index (χ3v) is 5.05. The molecule has 2 N–H and O–H groups in total. The van der Waals surface area contributed by atoms with E-state index in [4.69, 9.17) is 0 Å². The Labute approximate surface area is 178 Å². The Morgan fingerprint density at radius 1 is 0.935 bits per heavy atom. The fourth-order valence-electron chi connectivity index (χ4n) is 3.53. The number of nitrogens with one attached hydrogen (secondary N) is 2. The number of benzene rings is 3. The van der Waals surface area contributed by atoms with E-state index in [1.54, 1.807) is 0 Å². The van der Waals surface area contributed by atoms with E-state index in [2.05, 4.69) is 25.5 Å². The molecular formula is C25H19N5O. The van der Waals surface area contributed by atoms with Crippen LogP contribution in [0.2, 0.25) is 0 Å². The van der Waals surface area contributed by atoms with E-state index >= 15 is 0 Å². The molecule has 0 aliphatic rings. The van der Waals surface area contributed by atoms with Crippen molar-refractivity contribution < 1.29 is 0 Å². The number of H-pyrrole nitrogens is 1. The number of hydrogen-bond acceptors (Lipinski definition) is 5. The molecule has 31 heavy (non-hydrogen) atoms. The maximum Gasteiger partial charge on any atom is 0.257 e. The van der Waals surface area contributed by atoms with Crippen molar-refractivity contribution in [1.82, 2.24) is 15.0 Å². The Bertz CT molecular complexity index is 1490. The minimum Gasteiger partial charge on any atom is -0.321 e. The van der Waals surface area contributed by atoms with Gasteiger partial charge in [0.15, 0.2) is 0 Å². The highest BCUT2D eigenvalue weighted by Gasteiger charge is 2.09. The lowest BCUT2D eigenvalue weighted by molar-refractivity contribution is 1.15. The Morgan fingerprint density at radius 2 is 1.74 bits per heavy atom. The smallest absolute Gasteiger partial charge is 0.257 e. The van der Waals surface area contributed by atoms with Gasteiger partial charge < -0.3 is 4.98 Å². The molecule has 2 heterocycles. The second-order valence-corrected chi connectivity index (χ2v) is 7.29. The molecule has 0 atom stereocenters. The zero-order chi connectivity index (χ0) is 21.2. The number of nitrogens with zero attached hydrogens (tertiary/aromatic N) is 3. The zero-order valence-electron chi connectivity index (χ0n) is 16.8. The van der Waals surface area contributed by atoms with Gasteiger partial charge in [-0.3, -0.25) is 4.79 Å². The van der Waals surface area contributed by atoms with Crippen LogP contribution in [-0.2, 0) is 0 Å². The van der Waals surface area contributed by atoms with E-state index in [1.165, 1.54) is 6.21 Å². The topological polar surface area (TPSA) is 83.0 Å². The normalized spacial score (nSPS) is 11.4. The predicted octanol–water partition coefficient (Wildman–Crippen LogP) is 4.89. The number of rotatable bonds is 4. The van der Waals surface area contributed by atoms with Crippen LogP contribution in [0.4, 0.5) is 5.95 Å². The largest absolute Gasteiger partial charge is 0.321 e. The highest BCUT2D eigenvalue weighted by Crippen LogP contribution is 2.27. The molecule has 6 heteroatoms. The highest BCUT2D eigenvalue weighted by molar-refractivity contribution is 5.93. The molecule has 150 valence electrons. The molecule has 0 spiro atoms. The van der Waals surface area contributed by atoms with E-state index < -0.39 is 0 Å². The van der Waals surface area contributed by atoms with Gasteiger partial charge in [0.2, 0.25) is 5.95 Å². The Hall–Kier alpha value is -4.32. The Kier molecular flexibility index (Phi) is 4.72. The average Bonchev–Trinajstić information content (AvgIpc) is 2.79. The van der Waals surface area contributed by atoms with Crippen LogP contribution in [0.15, 0.2) is 88.8 Å². The number of para-hydroxylation sites is 1. The van der Waals surface area contributed by atoms with Crippen LogP contribution in [0, 0.1) is 6.92 Å². The Morgan fingerprint density at radius 3 is 2.61 bits per heavy atom. The number of aromatic nitrogens is 3. The number of hydrazone groups is 1. The fraction of sp³-hybridized carbons (Fsp3) is 0.0400. The molecule has 3 aromatic carbocycles. The van der Waals surface area contributed by atoms with E-state index in [0.29, 0.717) is 11.5 Å². The molecule has 5 rings (SSSR count). The molecule has 0 saturated heterocycles. The maximum atomic E-state index is 12.4. The summed E-state index contributed by atoms with van der Waals surface area (Å²) in [4.78, 5) is 24.5. The first-order valence-electron chi connectivity index (χ1n) is 9.92. The second kappa shape index (κ2) is 7.84. The predicted molar refractivity (Wildman–Crippen MR) is 125 cm³/mol. The molecule has 0 aliphatic heterocycles. The third-order valence-electron chi connectivity index (χ3n) is 5.05. The molecule has 0 amide bonds. The van der Waals surface area contributed by atoms with E-state index in [9.17, 15) is 4.79 Å². The van der Waals surface area contributed by atoms with Crippen LogP contribution >= 0.6 is 0 Å². The number of fused-ring (bicyclic) bond motifs is 2. The first-order chi connectivity index (χ1) is 15.2. The molecule has 0 bridgehead atoms. The molecule has 5 aromatic rings. The van der Waals surface area contributed by atoms with E-state index in [1.807, 2.05) is 85.8 Å². The number of aromatic amines is 1. The van der Waals surface area contributed by atoms with Gasteiger partial charge in [-0.25, -0.2) is 15.4 Å². The summed E-state index contributed by atoms with van der Waals surface area (Å²) >= 11 is 0. The van der Waals surface area contributed by atoms with Gasteiger partial charge in [0, 0.05) is 16.5 Å². The number of anilines is 1. The van der Waals surface area contributed by atoms with Gasteiger partial charge in [-0.05, 0) is 36.1 Å². The first kappa shape index (κ1) is 18.7. The quantitative estimate of drug-likeness (QED) is 0.329. The summed E-state index contributed by atoms with van der Waals surface area (Å²) in [6.07, 6.45) is 1.48. The van der Waals surface area contributed by atoms with E-state index in [0.717, 1.165) is 38.6 Å². The summed E-state index contributed by atoms with van der Waals surface area (Å²) in [7, 11) is 0. The zero-order valence-corrected chi connectivity index (χ0v) is 16.8. The number of hydrogen-bond donors (Lipinski definition) is 2. The van der Waals surface area contributed by atoms with Gasteiger partial charge in [-0.15, -0.1) is 0 Å². The van der Waals surface area contributed by atoms with E-state index in [-0.39, 0.29) is 5.56 Å². The lowest BCUT2D eigenvalue weighted by Crippen LogP contribution is -2.12. The first-order valence-corrected chi connectivity index (χ1v) is 9.92. The second-order valence-electron chi connectivity index (χ2n) is 7.29. The molecule has 0 unspecified atom stereocenters. The van der Waals surface area contributed by atoms with Crippen LogP contribution < -0.4 is 11.0 Å². The Balaban J connectivity index is 1.49. The van der Waals surface area contributed by atoms with Crippen LogP contribution in [-0.4, -0.2) is 21.2 Å². The third kappa shape index (κ3) is 3.79. The summed E-state index contributed by atoms with van der Waals surface area (Å²) in [5.41, 5.74) is 7.65. The van der Waals surface area contributed by atoms with Gasteiger partial charge in [0.25, 0.3) is 5.56 Å². The van der Waals surface area contributed by atoms with Gasteiger partial charge in [-0.2, -0.15) is 5.10 Å². The SMILES string of the molecule is Cc1ccc2cc(C=NNc3nc(-c4ccccc4)c4ccccc4n3)c(=O)[nH]c2c1. The lowest BCUT2D eigenvalue weighted by atomic mass is 10.1. The summed E-state index contributed by atoms with van der Waals surface area (Å²) < 4.78 is 0. The lowest BCUT2D eigenvalue weighted by Gasteiger charge is -2.08. The average molecular weight is 405 g/mol. The maximum absolute atomic E-state index is 12.4. The molecular weight excluding hydrogens is 386 g/mol. The van der Waals surface area contributed by atoms with Gasteiger partial charge in [0.05, 0.1) is 23.0 Å². The molecule has 0 aliphatic carbocycles. The molecule has 0 radical (unpaired) electrons. The van der Waals surface area contributed by atoms with Crippen molar-refractivity contribution in [3.05, 3.63) is 100 Å². The van der Waals surface area contributed by atoms with Gasteiger partial charge >= 0.3 is 0 Å². The van der Waals surface area contributed by atoms with Crippen molar-refractivity contribution in [3.63, 3.8) is 0 Å². The van der Waals surface area contributed by atoms with Crippen LogP contribution in [0.25, 0.3) is 33.1 Å². The van der Waals surface area contributed by atoms with Gasteiger partial charge in [0.1, 0.15) is 0 Å².